The number of halogens is 3. The summed E-state index contributed by atoms with van der Waals surface area (Å²) in [6, 6.07) is 11.6. The van der Waals surface area contributed by atoms with Gasteiger partial charge in [-0.05, 0) is 36.6 Å². The smallest absolute Gasteiger partial charge is 0.354 e. The van der Waals surface area contributed by atoms with Crippen molar-refractivity contribution in [1.29, 1.82) is 0 Å². The van der Waals surface area contributed by atoms with Gasteiger partial charge in [0.25, 0.3) is 0 Å². The number of carbonyl (C=O) groups is 2. The first kappa shape index (κ1) is 28.2. The Balaban J connectivity index is 2.39. The van der Waals surface area contributed by atoms with Gasteiger partial charge in [0.2, 0.25) is 21.8 Å². The fourth-order valence-electron chi connectivity index (χ4n) is 3.27. The van der Waals surface area contributed by atoms with Gasteiger partial charge in [0.05, 0.1) is 17.5 Å². The Morgan fingerprint density at radius 1 is 1.00 bits per heavy atom. The van der Waals surface area contributed by atoms with E-state index in [9.17, 15) is 31.2 Å². The van der Waals surface area contributed by atoms with E-state index in [1.807, 2.05) is 13.8 Å². The third-order valence-electron chi connectivity index (χ3n) is 5.19. The zero-order valence-corrected chi connectivity index (χ0v) is 20.9. The van der Waals surface area contributed by atoms with Crippen molar-refractivity contribution in [3.05, 3.63) is 65.7 Å². The molecular weight excluding hydrogens is 483 g/mol. The van der Waals surface area contributed by atoms with Crippen molar-refractivity contribution in [3.63, 3.8) is 0 Å². The predicted octanol–water partition coefficient (Wildman–Crippen LogP) is 3.66. The highest BCUT2D eigenvalue weighted by atomic mass is 32.2. The van der Waals surface area contributed by atoms with Crippen LogP contribution >= 0.6 is 0 Å². The van der Waals surface area contributed by atoms with E-state index in [0.717, 1.165) is 18.4 Å². The van der Waals surface area contributed by atoms with Gasteiger partial charge in [-0.1, -0.05) is 50.2 Å². The van der Waals surface area contributed by atoms with Gasteiger partial charge in [-0.2, -0.15) is 13.2 Å². The maximum Gasteiger partial charge on any atom is 0.416 e. The van der Waals surface area contributed by atoms with Gasteiger partial charge in [0.1, 0.15) is 12.6 Å². The largest absolute Gasteiger partial charge is 0.416 e. The van der Waals surface area contributed by atoms with Gasteiger partial charge in [-0.15, -0.1) is 0 Å². The van der Waals surface area contributed by atoms with Crippen molar-refractivity contribution in [2.75, 3.05) is 23.7 Å². The molecule has 0 heterocycles. The number of alkyl halides is 3. The molecule has 0 aromatic heterocycles. The Hall–Kier alpha value is -3.08. The second kappa shape index (κ2) is 11.6. The summed E-state index contributed by atoms with van der Waals surface area (Å²) in [7, 11) is -4.13. The standard InChI is InChI=1S/C24H30F3N3O4S/c1-17(2)14-28-23(32)18(3)29(15-19-9-6-5-7-10-19)22(31)16-30(35(4,33)34)21-12-8-11-20(13-21)24(25,26)27/h5-13,17-18H,14-16H2,1-4H3,(H,28,32)/t18-/m1/s1. The molecular formula is C24H30F3N3O4S. The minimum atomic E-state index is -4.69. The summed E-state index contributed by atoms with van der Waals surface area (Å²) in [5, 5.41) is 2.75. The molecule has 192 valence electrons. The van der Waals surface area contributed by atoms with E-state index in [1.54, 1.807) is 30.3 Å². The lowest BCUT2D eigenvalue weighted by molar-refractivity contribution is -0.139. The van der Waals surface area contributed by atoms with Crippen LogP contribution in [0.4, 0.5) is 18.9 Å². The van der Waals surface area contributed by atoms with Gasteiger partial charge in [-0.25, -0.2) is 8.42 Å². The van der Waals surface area contributed by atoms with Crippen LogP contribution in [0.25, 0.3) is 0 Å². The lowest BCUT2D eigenvalue weighted by atomic mass is 10.1. The molecule has 0 aliphatic heterocycles. The lowest BCUT2D eigenvalue weighted by Gasteiger charge is -2.31. The second-order valence-electron chi connectivity index (χ2n) is 8.64. The van der Waals surface area contributed by atoms with Crippen LogP contribution < -0.4 is 9.62 Å². The third kappa shape index (κ3) is 8.27. The summed E-state index contributed by atoms with van der Waals surface area (Å²) >= 11 is 0. The maximum atomic E-state index is 13.4. The number of benzene rings is 2. The number of hydrogen-bond acceptors (Lipinski definition) is 4. The normalized spacial score (nSPS) is 12.8. The van der Waals surface area contributed by atoms with Gasteiger partial charge >= 0.3 is 6.18 Å². The molecule has 2 aromatic rings. The molecule has 0 aliphatic carbocycles. The van der Waals surface area contributed by atoms with E-state index in [-0.39, 0.29) is 18.2 Å². The lowest BCUT2D eigenvalue weighted by Crippen LogP contribution is -2.51. The number of hydrogen-bond donors (Lipinski definition) is 1. The number of amides is 2. The summed E-state index contributed by atoms with van der Waals surface area (Å²) in [6.07, 6.45) is -3.88. The molecule has 1 N–H and O–H groups in total. The van der Waals surface area contributed by atoms with Crippen molar-refractivity contribution in [1.82, 2.24) is 10.2 Å². The Labute approximate surface area is 204 Å². The molecule has 2 rings (SSSR count). The average Bonchev–Trinajstić information content (AvgIpc) is 2.78. The first-order chi connectivity index (χ1) is 16.2. The zero-order chi connectivity index (χ0) is 26.4. The number of sulfonamides is 1. The Bertz CT molecular complexity index is 1120. The Kier molecular flexibility index (Phi) is 9.31. The molecule has 0 saturated heterocycles. The average molecular weight is 514 g/mol. The van der Waals surface area contributed by atoms with Crippen molar-refractivity contribution < 1.29 is 31.2 Å². The van der Waals surface area contributed by atoms with Crippen molar-refractivity contribution in [2.24, 2.45) is 5.92 Å². The van der Waals surface area contributed by atoms with Crippen LogP contribution in [0.5, 0.6) is 0 Å². The van der Waals surface area contributed by atoms with Crippen molar-refractivity contribution in [3.8, 4) is 0 Å². The minimum absolute atomic E-state index is 0.0101. The summed E-state index contributed by atoms with van der Waals surface area (Å²) in [5.74, 6) is -0.983. The highest BCUT2D eigenvalue weighted by molar-refractivity contribution is 7.92. The molecule has 0 radical (unpaired) electrons. The van der Waals surface area contributed by atoms with Crippen molar-refractivity contribution in [2.45, 2.75) is 39.5 Å². The van der Waals surface area contributed by atoms with Crippen LogP contribution in [0.1, 0.15) is 31.9 Å². The number of nitrogens with zero attached hydrogens (tertiary/aromatic N) is 2. The highest BCUT2D eigenvalue weighted by Crippen LogP contribution is 2.32. The van der Waals surface area contributed by atoms with Gasteiger partial charge in [0, 0.05) is 13.1 Å². The third-order valence-corrected chi connectivity index (χ3v) is 6.33. The molecule has 0 saturated carbocycles. The van der Waals surface area contributed by atoms with Crippen LogP contribution in [-0.4, -0.2) is 50.5 Å². The molecule has 2 aromatic carbocycles. The van der Waals surface area contributed by atoms with Crippen LogP contribution in [0, 0.1) is 5.92 Å². The fraction of sp³-hybridized carbons (Fsp3) is 0.417. The number of anilines is 1. The van der Waals surface area contributed by atoms with E-state index >= 15 is 0 Å². The minimum Gasteiger partial charge on any atom is -0.354 e. The highest BCUT2D eigenvalue weighted by Gasteiger charge is 2.33. The quantitative estimate of drug-likeness (QED) is 0.525. The maximum absolute atomic E-state index is 13.4. The molecule has 1 atom stereocenters. The summed E-state index contributed by atoms with van der Waals surface area (Å²) in [4.78, 5) is 27.3. The monoisotopic (exact) mass is 513 g/mol. The van der Waals surface area contributed by atoms with Crippen LogP contribution in [0.3, 0.4) is 0 Å². The summed E-state index contributed by atoms with van der Waals surface area (Å²) < 4.78 is 65.2. The first-order valence-corrected chi connectivity index (χ1v) is 12.8. The molecule has 0 bridgehead atoms. The van der Waals surface area contributed by atoms with Gasteiger partial charge in [0.15, 0.2) is 0 Å². The molecule has 35 heavy (non-hydrogen) atoms. The van der Waals surface area contributed by atoms with Gasteiger partial charge < -0.3 is 10.2 Å². The molecule has 0 unspecified atom stereocenters. The zero-order valence-electron chi connectivity index (χ0n) is 20.0. The predicted molar refractivity (Wildman–Crippen MR) is 128 cm³/mol. The molecule has 0 fully saturated rings. The fourth-order valence-corrected chi connectivity index (χ4v) is 4.11. The van der Waals surface area contributed by atoms with E-state index in [0.29, 0.717) is 22.5 Å². The van der Waals surface area contributed by atoms with Crippen LogP contribution in [-0.2, 0) is 32.3 Å². The summed E-state index contributed by atoms with van der Waals surface area (Å²) in [6.45, 7) is 4.97. The SMILES string of the molecule is CC(C)CNC(=O)[C@@H](C)N(Cc1ccccc1)C(=O)CN(c1cccc(C(F)(F)F)c1)S(C)(=O)=O. The van der Waals surface area contributed by atoms with E-state index in [2.05, 4.69) is 5.32 Å². The van der Waals surface area contributed by atoms with Crippen molar-refractivity contribution >= 4 is 27.5 Å². The molecule has 2 amide bonds. The topological polar surface area (TPSA) is 86.8 Å². The van der Waals surface area contributed by atoms with E-state index in [1.165, 1.54) is 17.9 Å². The Morgan fingerprint density at radius 2 is 1.63 bits per heavy atom. The van der Waals surface area contributed by atoms with Crippen LogP contribution in [0.2, 0.25) is 0 Å². The van der Waals surface area contributed by atoms with Gasteiger partial charge in [-0.3, -0.25) is 13.9 Å². The van der Waals surface area contributed by atoms with Crippen LogP contribution in [0.15, 0.2) is 54.6 Å². The summed E-state index contributed by atoms with van der Waals surface area (Å²) in [5.41, 5.74) is -0.639. The van der Waals surface area contributed by atoms with E-state index < -0.39 is 46.2 Å². The number of carbonyl (C=O) groups excluding carboxylic acids is 2. The second-order valence-corrected chi connectivity index (χ2v) is 10.5. The number of nitrogens with one attached hydrogen (secondary N) is 1. The molecule has 0 spiro atoms. The Morgan fingerprint density at radius 3 is 2.17 bits per heavy atom. The molecule has 0 aliphatic rings. The molecule has 7 nitrogen and oxygen atoms in total. The molecule has 11 heteroatoms. The van der Waals surface area contributed by atoms with E-state index in [4.69, 9.17) is 0 Å². The number of rotatable bonds is 10. The first-order valence-electron chi connectivity index (χ1n) is 11.0.